The average Bonchev–Trinajstić information content (AvgIpc) is 2.17. The number of carbonyl (C=O) groups is 1. The summed E-state index contributed by atoms with van der Waals surface area (Å²) in [6, 6.07) is 0.503. The van der Waals surface area contributed by atoms with Crippen molar-refractivity contribution in [3.05, 3.63) is 0 Å². The molecular formula is C9H17NO2S. The minimum atomic E-state index is -0.141. The van der Waals surface area contributed by atoms with Crippen LogP contribution in [0.5, 0.6) is 0 Å². The van der Waals surface area contributed by atoms with Crippen LogP contribution < -0.4 is 5.32 Å². The Balaban J connectivity index is 2.06. The van der Waals surface area contributed by atoms with Crippen LogP contribution in [0.3, 0.4) is 0 Å². The minimum Gasteiger partial charge on any atom is -0.465 e. The van der Waals surface area contributed by atoms with E-state index in [0.717, 1.165) is 5.75 Å². The summed E-state index contributed by atoms with van der Waals surface area (Å²) in [5.41, 5.74) is 0. The Morgan fingerprint density at radius 1 is 1.69 bits per heavy atom. The van der Waals surface area contributed by atoms with Gasteiger partial charge >= 0.3 is 5.97 Å². The highest BCUT2D eigenvalue weighted by molar-refractivity contribution is 7.99. The fourth-order valence-electron chi connectivity index (χ4n) is 1.34. The molecular weight excluding hydrogens is 186 g/mol. The van der Waals surface area contributed by atoms with Gasteiger partial charge < -0.3 is 10.1 Å². The van der Waals surface area contributed by atoms with Gasteiger partial charge in [-0.3, -0.25) is 4.79 Å². The van der Waals surface area contributed by atoms with Gasteiger partial charge in [0.05, 0.1) is 13.2 Å². The zero-order chi connectivity index (χ0) is 9.52. The normalized spacial score (nSPS) is 22.7. The van der Waals surface area contributed by atoms with Gasteiger partial charge in [0.15, 0.2) is 0 Å². The molecule has 1 heterocycles. The molecule has 0 aliphatic carbocycles. The molecule has 0 saturated carbocycles. The second-order valence-electron chi connectivity index (χ2n) is 3.10. The second kappa shape index (κ2) is 6.27. The molecule has 4 heteroatoms. The molecule has 1 aliphatic rings. The summed E-state index contributed by atoms with van der Waals surface area (Å²) in [6.45, 7) is 2.66. The van der Waals surface area contributed by atoms with Crippen LogP contribution in [-0.4, -0.2) is 36.7 Å². The van der Waals surface area contributed by atoms with Crippen molar-refractivity contribution in [3.63, 3.8) is 0 Å². The lowest BCUT2D eigenvalue weighted by molar-refractivity contribution is -0.142. The molecule has 1 saturated heterocycles. The SMILES string of the molecule is CCOC(=O)CNC1CCCSC1. The first kappa shape index (κ1) is 10.9. The van der Waals surface area contributed by atoms with E-state index in [2.05, 4.69) is 5.32 Å². The number of ether oxygens (including phenoxy) is 1. The van der Waals surface area contributed by atoms with Crippen LogP contribution in [0.1, 0.15) is 19.8 Å². The first-order valence-electron chi connectivity index (χ1n) is 4.79. The predicted molar refractivity (Wildman–Crippen MR) is 55.0 cm³/mol. The van der Waals surface area contributed by atoms with Crippen molar-refractivity contribution in [3.8, 4) is 0 Å². The van der Waals surface area contributed by atoms with Crippen molar-refractivity contribution < 1.29 is 9.53 Å². The third kappa shape index (κ3) is 4.52. The number of carbonyl (C=O) groups excluding carboxylic acids is 1. The largest absolute Gasteiger partial charge is 0.465 e. The molecule has 1 N–H and O–H groups in total. The molecule has 76 valence electrons. The number of esters is 1. The topological polar surface area (TPSA) is 38.3 Å². The van der Waals surface area contributed by atoms with Crippen molar-refractivity contribution in [2.24, 2.45) is 0 Å². The lowest BCUT2D eigenvalue weighted by atomic mass is 10.2. The molecule has 0 bridgehead atoms. The van der Waals surface area contributed by atoms with Gasteiger partial charge in [-0.2, -0.15) is 11.8 Å². The zero-order valence-electron chi connectivity index (χ0n) is 8.04. The number of hydrogen-bond donors (Lipinski definition) is 1. The Morgan fingerprint density at radius 2 is 2.54 bits per heavy atom. The van der Waals surface area contributed by atoms with Gasteiger partial charge in [0.2, 0.25) is 0 Å². The zero-order valence-corrected chi connectivity index (χ0v) is 8.86. The molecule has 1 fully saturated rings. The molecule has 13 heavy (non-hydrogen) atoms. The van der Waals surface area contributed by atoms with Crippen molar-refractivity contribution in [2.45, 2.75) is 25.8 Å². The Labute approximate surface area is 83.6 Å². The van der Waals surface area contributed by atoms with E-state index in [9.17, 15) is 4.79 Å². The van der Waals surface area contributed by atoms with Crippen LogP contribution in [0.4, 0.5) is 0 Å². The summed E-state index contributed by atoms with van der Waals surface area (Å²) in [5, 5.41) is 3.21. The molecule has 0 spiro atoms. The lowest BCUT2D eigenvalue weighted by Gasteiger charge is -2.21. The summed E-state index contributed by atoms with van der Waals surface area (Å²) < 4.78 is 4.82. The average molecular weight is 203 g/mol. The van der Waals surface area contributed by atoms with Crippen LogP contribution in [0.25, 0.3) is 0 Å². The fourth-order valence-corrected chi connectivity index (χ4v) is 2.45. The van der Waals surface area contributed by atoms with Crippen LogP contribution in [0, 0.1) is 0 Å². The molecule has 0 amide bonds. The van der Waals surface area contributed by atoms with Crippen molar-refractivity contribution in [2.75, 3.05) is 24.7 Å². The highest BCUT2D eigenvalue weighted by Gasteiger charge is 2.14. The Bertz CT molecular complexity index is 158. The quantitative estimate of drug-likeness (QED) is 0.693. The molecule has 0 radical (unpaired) electrons. The van der Waals surface area contributed by atoms with E-state index < -0.39 is 0 Å². The molecule has 0 aromatic rings. The van der Waals surface area contributed by atoms with Gasteiger partial charge in [-0.1, -0.05) is 0 Å². The van der Waals surface area contributed by atoms with Gasteiger partial charge in [-0.25, -0.2) is 0 Å². The van der Waals surface area contributed by atoms with Crippen LogP contribution in [0.2, 0.25) is 0 Å². The van der Waals surface area contributed by atoms with Crippen molar-refractivity contribution >= 4 is 17.7 Å². The van der Waals surface area contributed by atoms with E-state index in [0.29, 0.717) is 19.2 Å². The maximum atomic E-state index is 11.0. The summed E-state index contributed by atoms with van der Waals surface area (Å²) in [7, 11) is 0. The fraction of sp³-hybridized carbons (Fsp3) is 0.889. The van der Waals surface area contributed by atoms with E-state index >= 15 is 0 Å². The highest BCUT2D eigenvalue weighted by atomic mass is 32.2. The molecule has 1 atom stereocenters. The van der Waals surface area contributed by atoms with Crippen LogP contribution in [-0.2, 0) is 9.53 Å². The number of nitrogens with one attached hydrogen (secondary N) is 1. The maximum Gasteiger partial charge on any atom is 0.319 e. The second-order valence-corrected chi connectivity index (χ2v) is 4.25. The standard InChI is InChI=1S/C9H17NO2S/c1-2-12-9(11)6-10-8-4-3-5-13-7-8/h8,10H,2-7H2,1H3. The monoisotopic (exact) mass is 203 g/mol. The highest BCUT2D eigenvalue weighted by Crippen LogP contribution is 2.16. The number of hydrogen-bond acceptors (Lipinski definition) is 4. The summed E-state index contributed by atoms with van der Waals surface area (Å²) in [5.74, 6) is 2.25. The Kier molecular flexibility index (Phi) is 5.23. The molecule has 3 nitrogen and oxygen atoms in total. The predicted octanol–water partition coefficient (Wildman–Crippen LogP) is 1.03. The van der Waals surface area contributed by atoms with Crippen molar-refractivity contribution in [1.29, 1.82) is 0 Å². The van der Waals surface area contributed by atoms with Gasteiger partial charge in [-0.05, 0) is 25.5 Å². The Hall–Kier alpha value is -0.220. The van der Waals surface area contributed by atoms with E-state index in [1.165, 1.54) is 18.6 Å². The third-order valence-electron chi connectivity index (χ3n) is 2.00. The Morgan fingerprint density at radius 3 is 3.15 bits per heavy atom. The van der Waals surface area contributed by atoms with E-state index in [-0.39, 0.29) is 5.97 Å². The minimum absolute atomic E-state index is 0.141. The molecule has 1 aliphatic heterocycles. The number of thioether (sulfide) groups is 1. The first-order valence-corrected chi connectivity index (χ1v) is 5.95. The van der Waals surface area contributed by atoms with E-state index in [1.54, 1.807) is 0 Å². The molecule has 0 aromatic carbocycles. The van der Waals surface area contributed by atoms with Gasteiger partial charge in [0, 0.05) is 11.8 Å². The van der Waals surface area contributed by atoms with Gasteiger partial charge in [-0.15, -0.1) is 0 Å². The third-order valence-corrected chi connectivity index (χ3v) is 3.22. The molecule has 1 unspecified atom stereocenters. The summed E-state index contributed by atoms with van der Waals surface area (Å²) in [4.78, 5) is 11.0. The lowest BCUT2D eigenvalue weighted by Crippen LogP contribution is -2.37. The van der Waals surface area contributed by atoms with Crippen LogP contribution in [0.15, 0.2) is 0 Å². The van der Waals surface area contributed by atoms with Crippen molar-refractivity contribution in [1.82, 2.24) is 5.32 Å². The maximum absolute atomic E-state index is 11.0. The van der Waals surface area contributed by atoms with Gasteiger partial charge in [0.25, 0.3) is 0 Å². The number of rotatable bonds is 4. The molecule has 1 rings (SSSR count). The molecule has 0 aromatic heterocycles. The van der Waals surface area contributed by atoms with E-state index in [4.69, 9.17) is 4.74 Å². The van der Waals surface area contributed by atoms with Gasteiger partial charge in [0.1, 0.15) is 0 Å². The van der Waals surface area contributed by atoms with E-state index in [1.807, 2.05) is 18.7 Å². The first-order chi connectivity index (χ1) is 6.33. The summed E-state index contributed by atoms with van der Waals surface area (Å²) in [6.07, 6.45) is 2.44. The smallest absolute Gasteiger partial charge is 0.319 e. The summed E-state index contributed by atoms with van der Waals surface area (Å²) >= 11 is 1.95. The van der Waals surface area contributed by atoms with Crippen LogP contribution >= 0.6 is 11.8 Å².